The van der Waals surface area contributed by atoms with E-state index in [0.29, 0.717) is 12.0 Å². The van der Waals surface area contributed by atoms with Crippen LogP contribution in [0.3, 0.4) is 0 Å². The number of carbonyl (C=O) groups is 1. The average molecular weight is 260 g/mol. The molecule has 1 aromatic carbocycles. The number of benzene rings is 1. The second-order valence-electron chi connectivity index (χ2n) is 4.26. The van der Waals surface area contributed by atoms with Gasteiger partial charge in [-0.1, -0.05) is 12.1 Å². The fourth-order valence-corrected chi connectivity index (χ4v) is 1.84. The Kier molecular flexibility index (Phi) is 3.19. The fraction of sp³-hybridized carbons (Fsp3) is 0.417. The van der Waals surface area contributed by atoms with Crippen LogP contribution in [-0.4, -0.2) is 23.9 Å². The zero-order valence-electron chi connectivity index (χ0n) is 9.28. The lowest BCUT2D eigenvalue weighted by molar-refractivity contribution is -0.153. The lowest BCUT2D eigenvalue weighted by Gasteiger charge is -2.10. The lowest BCUT2D eigenvalue weighted by atomic mass is 10.1. The monoisotopic (exact) mass is 260 g/mol. The number of ether oxygens (including phenoxy) is 1. The zero-order valence-corrected chi connectivity index (χ0v) is 9.28. The second kappa shape index (κ2) is 4.51. The van der Waals surface area contributed by atoms with E-state index >= 15 is 0 Å². The first-order valence-electron chi connectivity index (χ1n) is 5.39. The zero-order chi connectivity index (χ0) is 13.3. The number of hydrogen-bond donors (Lipinski definition) is 1. The van der Waals surface area contributed by atoms with E-state index in [9.17, 15) is 18.0 Å². The van der Waals surface area contributed by atoms with Crippen molar-refractivity contribution in [3.8, 4) is 5.75 Å². The van der Waals surface area contributed by atoms with Crippen molar-refractivity contribution < 1.29 is 27.8 Å². The predicted molar refractivity (Wildman–Crippen MR) is 56.5 cm³/mol. The molecule has 3 nitrogen and oxygen atoms in total. The van der Waals surface area contributed by atoms with Gasteiger partial charge in [0, 0.05) is 0 Å². The Bertz CT molecular complexity index is 456. The number of alkyl halides is 3. The molecule has 6 heteroatoms. The largest absolute Gasteiger partial charge is 0.484 e. The molecule has 2 rings (SSSR count). The second-order valence-corrected chi connectivity index (χ2v) is 4.26. The molecule has 98 valence electrons. The molecule has 1 aliphatic rings. The number of aliphatic carboxylic acids is 1. The van der Waals surface area contributed by atoms with Crippen LogP contribution in [0, 0.1) is 5.92 Å². The summed E-state index contributed by atoms with van der Waals surface area (Å²) in [5.41, 5.74) is 0.710. The van der Waals surface area contributed by atoms with Crippen molar-refractivity contribution >= 4 is 5.97 Å². The van der Waals surface area contributed by atoms with Crippen LogP contribution in [0.15, 0.2) is 24.3 Å². The Morgan fingerprint density at radius 2 is 2.17 bits per heavy atom. The highest BCUT2D eigenvalue weighted by Crippen LogP contribution is 2.48. The molecule has 0 aromatic heterocycles. The van der Waals surface area contributed by atoms with Gasteiger partial charge in [-0.15, -0.1) is 0 Å². The molecule has 18 heavy (non-hydrogen) atoms. The summed E-state index contributed by atoms with van der Waals surface area (Å²) < 4.78 is 40.5. The minimum absolute atomic E-state index is 0.112. The van der Waals surface area contributed by atoms with Crippen LogP contribution in [0.2, 0.25) is 0 Å². The maximum atomic E-state index is 12.0. The molecular weight excluding hydrogens is 249 g/mol. The summed E-state index contributed by atoms with van der Waals surface area (Å²) in [6, 6.07) is 6.17. The van der Waals surface area contributed by atoms with E-state index in [2.05, 4.69) is 4.74 Å². The van der Waals surface area contributed by atoms with Gasteiger partial charge in [-0.05, 0) is 30.0 Å². The molecule has 0 spiro atoms. The Morgan fingerprint density at radius 3 is 2.72 bits per heavy atom. The summed E-state index contributed by atoms with van der Waals surface area (Å²) in [6.07, 6.45) is -3.85. The smallest absolute Gasteiger partial charge is 0.422 e. The fourth-order valence-electron chi connectivity index (χ4n) is 1.84. The quantitative estimate of drug-likeness (QED) is 0.905. The van der Waals surface area contributed by atoms with Crippen LogP contribution in [-0.2, 0) is 4.79 Å². The third-order valence-electron chi connectivity index (χ3n) is 2.80. The molecule has 0 bridgehead atoms. The minimum atomic E-state index is -4.38. The number of carboxylic acids is 1. The topological polar surface area (TPSA) is 46.5 Å². The number of hydrogen-bond acceptors (Lipinski definition) is 2. The number of rotatable bonds is 4. The van der Waals surface area contributed by atoms with Crippen LogP contribution in [0.5, 0.6) is 5.75 Å². The van der Waals surface area contributed by atoms with E-state index in [-0.39, 0.29) is 11.7 Å². The normalized spacial score (nSPS) is 22.6. The van der Waals surface area contributed by atoms with E-state index in [0.717, 1.165) is 0 Å². The summed E-state index contributed by atoms with van der Waals surface area (Å²) in [6.45, 7) is -1.34. The average Bonchev–Trinajstić information content (AvgIpc) is 3.06. The highest BCUT2D eigenvalue weighted by Gasteiger charge is 2.44. The maximum Gasteiger partial charge on any atom is 0.422 e. The summed E-state index contributed by atoms with van der Waals surface area (Å²) >= 11 is 0. The molecule has 1 fully saturated rings. The van der Waals surface area contributed by atoms with Crippen LogP contribution in [0.4, 0.5) is 13.2 Å². The van der Waals surface area contributed by atoms with E-state index in [1.165, 1.54) is 12.1 Å². The Hall–Kier alpha value is -1.72. The first-order valence-corrected chi connectivity index (χ1v) is 5.39. The molecule has 0 radical (unpaired) electrons. The third kappa shape index (κ3) is 3.15. The Morgan fingerprint density at radius 1 is 1.44 bits per heavy atom. The molecule has 1 aromatic rings. The molecule has 1 saturated carbocycles. The Labute approximate surface area is 101 Å². The van der Waals surface area contributed by atoms with Crippen molar-refractivity contribution in [3.63, 3.8) is 0 Å². The molecule has 0 amide bonds. The number of carboxylic acid groups (broad SMARTS) is 1. The molecule has 2 atom stereocenters. The van der Waals surface area contributed by atoms with Crippen molar-refractivity contribution in [2.45, 2.75) is 18.5 Å². The van der Waals surface area contributed by atoms with Gasteiger partial charge in [-0.25, -0.2) is 0 Å². The summed E-state index contributed by atoms with van der Waals surface area (Å²) in [5, 5.41) is 8.78. The van der Waals surface area contributed by atoms with Gasteiger partial charge in [0.05, 0.1) is 5.92 Å². The Balaban J connectivity index is 2.01. The highest BCUT2D eigenvalue weighted by atomic mass is 19.4. The number of halogens is 3. The maximum absolute atomic E-state index is 12.0. The van der Waals surface area contributed by atoms with Crippen LogP contribution >= 0.6 is 0 Å². The molecule has 1 aliphatic carbocycles. The molecule has 0 saturated heterocycles. The van der Waals surface area contributed by atoms with E-state index in [4.69, 9.17) is 5.11 Å². The lowest BCUT2D eigenvalue weighted by Crippen LogP contribution is -2.19. The van der Waals surface area contributed by atoms with E-state index in [1.807, 2.05) is 0 Å². The van der Waals surface area contributed by atoms with Gasteiger partial charge < -0.3 is 9.84 Å². The summed E-state index contributed by atoms with van der Waals surface area (Å²) in [5.74, 6) is -1.30. The molecule has 1 N–H and O–H groups in total. The van der Waals surface area contributed by atoms with Crippen molar-refractivity contribution in [2.24, 2.45) is 5.92 Å². The first kappa shape index (κ1) is 12.7. The van der Waals surface area contributed by atoms with Crippen molar-refractivity contribution in [1.29, 1.82) is 0 Å². The van der Waals surface area contributed by atoms with Gasteiger partial charge >= 0.3 is 12.1 Å². The predicted octanol–water partition coefficient (Wildman–Crippen LogP) is 2.82. The standard InChI is InChI=1S/C12H11F3O3/c13-12(14,15)6-18-8-3-1-2-7(4-8)9-5-10(9)11(16)17/h1-4,9-10H,5-6H2,(H,16,17)/t9-,10+/m1/s1. The van der Waals surface area contributed by atoms with Crippen molar-refractivity contribution in [2.75, 3.05) is 6.61 Å². The molecule has 0 aliphatic heterocycles. The highest BCUT2D eigenvalue weighted by molar-refractivity contribution is 5.75. The van der Waals surface area contributed by atoms with Crippen molar-refractivity contribution in [3.05, 3.63) is 29.8 Å². The van der Waals surface area contributed by atoms with Crippen molar-refractivity contribution in [1.82, 2.24) is 0 Å². The van der Waals surface area contributed by atoms with Crippen LogP contribution < -0.4 is 4.74 Å². The minimum Gasteiger partial charge on any atom is -0.484 e. The van der Waals surface area contributed by atoms with Gasteiger partial charge in [0.2, 0.25) is 0 Å². The molecule has 0 unspecified atom stereocenters. The van der Waals surface area contributed by atoms with Crippen LogP contribution in [0.25, 0.3) is 0 Å². The van der Waals surface area contributed by atoms with Gasteiger partial charge in [0.15, 0.2) is 6.61 Å². The van der Waals surface area contributed by atoms with Gasteiger partial charge in [0.1, 0.15) is 5.75 Å². The van der Waals surface area contributed by atoms with Gasteiger partial charge in [0.25, 0.3) is 0 Å². The first-order chi connectivity index (χ1) is 8.37. The SMILES string of the molecule is O=C(O)[C@H]1C[C@@H]1c1cccc(OCC(F)(F)F)c1. The van der Waals surface area contributed by atoms with E-state index < -0.39 is 24.7 Å². The molecular formula is C12H11F3O3. The van der Waals surface area contributed by atoms with Gasteiger partial charge in [-0.2, -0.15) is 13.2 Å². The third-order valence-corrected chi connectivity index (χ3v) is 2.80. The van der Waals surface area contributed by atoms with E-state index in [1.54, 1.807) is 12.1 Å². The van der Waals surface area contributed by atoms with Crippen LogP contribution in [0.1, 0.15) is 17.9 Å². The molecule has 0 heterocycles. The summed E-state index contributed by atoms with van der Waals surface area (Å²) in [7, 11) is 0. The summed E-state index contributed by atoms with van der Waals surface area (Å²) in [4.78, 5) is 10.7. The van der Waals surface area contributed by atoms with Gasteiger partial charge in [-0.3, -0.25) is 4.79 Å².